The second-order valence-corrected chi connectivity index (χ2v) is 25.5. The number of rotatable bonds is 10. The number of hydrogen-bond acceptors (Lipinski definition) is 2. The van der Waals surface area contributed by atoms with E-state index in [1.54, 1.807) is 0 Å². The Bertz CT molecular complexity index is 4290. The molecule has 410 valence electrons. The minimum absolute atomic E-state index is 0.196. The molecule has 12 aromatic carbocycles. The highest BCUT2D eigenvalue weighted by Crippen LogP contribution is 2.56. The van der Waals surface area contributed by atoms with Crippen LogP contribution in [0.2, 0.25) is 0 Å². The van der Waals surface area contributed by atoms with Gasteiger partial charge in [-0.1, -0.05) is 223 Å². The second kappa shape index (κ2) is 19.7. The van der Waals surface area contributed by atoms with E-state index < -0.39 is 0 Å². The van der Waals surface area contributed by atoms with Crippen molar-refractivity contribution in [2.75, 3.05) is 9.80 Å². The highest BCUT2D eigenvalue weighted by atomic mass is 15.1. The van der Waals surface area contributed by atoms with Crippen molar-refractivity contribution in [2.45, 2.75) is 71.6 Å². The van der Waals surface area contributed by atoms with Crippen LogP contribution in [-0.4, -0.2) is 0 Å². The number of fused-ring (bicyclic) bond motifs is 9. The summed E-state index contributed by atoms with van der Waals surface area (Å²) in [7, 11) is 0. The minimum Gasteiger partial charge on any atom is -0.310 e. The average molecular weight is 1090 g/mol. The summed E-state index contributed by atoms with van der Waals surface area (Å²) in [4.78, 5) is 4.81. The maximum atomic E-state index is 2.48. The van der Waals surface area contributed by atoms with Gasteiger partial charge in [-0.2, -0.15) is 0 Å². The predicted molar refractivity (Wildman–Crippen MR) is 360 cm³/mol. The van der Waals surface area contributed by atoms with Crippen LogP contribution in [0.25, 0.3) is 77.9 Å². The molecule has 0 spiro atoms. The number of hydrogen-bond donors (Lipinski definition) is 0. The van der Waals surface area contributed by atoms with Crippen LogP contribution in [0.5, 0.6) is 0 Å². The molecule has 0 aromatic heterocycles. The normalized spacial score (nSPS) is 14.2. The van der Waals surface area contributed by atoms with Crippen molar-refractivity contribution in [3.8, 4) is 77.9 Å². The van der Waals surface area contributed by atoms with Gasteiger partial charge in [-0.3, -0.25) is 0 Å². The Morgan fingerprint density at radius 2 is 0.412 bits per heavy atom. The van der Waals surface area contributed by atoms with Crippen LogP contribution in [0.15, 0.2) is 267 Å². The zero-order valence-electron chi connectivity index (χ0n) is 49.8. The fourth-order valence-electron chi connectivity index (χ4n) is 14.3. The molecule has 0 bridgehead atoms. The molecular weight excluding hydrogens is 1020 g/mol. The zero-order valence-corrected chi connectivity index (χ0v) is 49.8. The fourth-order valence-corrected chi connectivity index (χ4v) is 14.3. The van der Waals surface area contributed by atoms with Crippen LogP contribution in [-0.2, 0) is 16.2 Å². The number of aryl methyl sites for hydroxylation is 2. The standard InChI is InChI=1S/C83H68N2/c1-53-19-31-63(32-20-53)84(65-35-23-57(24-36-65)55-15-11-9-12-16-55)67-39-45-73-71-43-29-61(49-77(71)82(5,6)79(73)51-67)59-27-41-69-70-42-28-60(48-76(70)81(3,4)75(69)47-59)62-30-44-72-74-46-40-68(52-80(74)83(7,8)78(72)50-62)85(64-33-21-54(2)22-34-64)66-37-25-58(26-38-66)56-17-13-10-14-18-56/h9-52H,1-8H3. The van der Waals surface area contributed by atoms with E-state index in [9.17, 15) is 0 Å². The highest BCUT2D eigenvalue weighted by molar-refractivity contribution is 5.92. The maximum Gasteiger partial charge on any atom is 0.0465 e. The van der Waals surface area contributed by atoms with Crippen LogP contribution in [0, 0.1) is 13.8 Å². The summed E-state index contributed by atoms with van der Waals surface area (Å²) in [6.07, 6.45) is 0. The van der Waals surface area contributed by atoms with Gasteiger partial charge >= 0.3 is 0 Å². The summed E-state index contributed by atoms with van der Waals surface area (Å²) in [6, 6.07) is 100. The van der Waals surface area contributed by atoms with E-state index in [0.717, 1.165) is 34.1 Å². The largest absolute Gasteiger partial charge is 0.310 e. The average Bonchev–Trinajstić information content (AvgIpc) is 2.35. The van der Waals surface area contributed by atoms with Crippen molar-refractivity contribution >= 4 is 34.1 Å². The molecule has 15 rings (SSSR count). The van der Waals surface area contributed by atoms with Crippen LogP contribution in [0.3, 0.4) is 0 Å². The lowest BCUT2D eigenvalue weighted by molar-refractivity contribution is 0.659. The van der Waals surface area contributed by atoms with E-state index in [1.165, 1.54) is 122 Å². The molecule has 3 aliphatic rings. The topological polar surface area (TPSA) is 6.48 Å². The number of anilines is 6. The molecule has 0 saturated heterocycles. The summed E-state index contributed by atoms with van der Waals surface area (Å²) >= 11 is 0. The van der Waals surface area contributed by atoms with Crippen LogP contribution >= 0.6 is 0 Å². The van der Waals surface area contributed by atoms with Crippen molar-refractivity contribution < 1.29 is 0 Å². The third-order valence-electron chi connectivity index (χ3n) is 19.2. The van der Waals surface area contributed by atoms with Crippen molar-refractivity contribution in [1.82, 2.24) is 0 Å². The first-order chi connectivity index (χ1) is 41.2. The molecule has 0 radical (unpaired) electrons. The minimum atomic E-state index is -0.215. The van der Waals surface area contributed by atoms with E-state index in [2.05, 4.69) is 332 Å². The van der Waals surface area contributed by atoms with E-state index in [0.29, 0.717) is 0 Å². The Labute approximate surface area is 502 Å². The van der Waals surface area contributed by atoms with Crippen molar-refractivity contribution in [3.63, 3.8) is 0 Å². The summed E-state index contributed by atoms with van der Waals surface area (Å²) < 4.78 is 0. The Morgan fingerprint density at radius 3 is 0.694 bits per heavy atom. The molecule has 3 aliphatic carbocycles. The van der Waals surface area contributed by atoms with Gasteiger partial charge in [-0.15, -0.1) is 0 Å². The van der Waals surface area contributed by atoms with Crippen LogP contribution in [0.4, 0.5) is 34.1 Å². The third-order valence-corrected chi connectivity index (χ3v) is 19.2. The van der Waals surface area contributed by atoms with Gasteiger partial charge in [0.2, 0.25) is 0 Å². The second-order valence-electron chi connectivity index (χ2n) is 25.5. The molecule has 0 N–H and O–H groups in total. The van der Waals surface area contributed by atoms with Gasteiger partial charge in [-0.05, 0) is 222 Å². The van der Waals surface area contributed by atoms with Crippen molar-refractivity contribution in [2.24, 2.45) is 0 Å². The van der Waals surface area contributed by atoms with Gasteiger partial charge in [0.15, 0.2) is 0 Å². The smallest absolute Gasteiger partial charge is 0.0465 e. The Hall–Kier alpha value is -9.76. The number of benzene rings is 12. The summed E-state index contributed by atoms with van der Waals surface area (Å²) in [5.74, 6) is 0. The lowest BCUT2D eigenvalue weighted by atomic mass is 9.79. The molecule has 0 saturated carbocycles. The van der Waals surface area contributed by atoms with E-state index in [-0.39, 0.29) is 16.2 Å². The first kappa shape index (κ1) is 52.1. The van der Waals surface area contributed by atoms with Gasteiger partial charge in [0, 0.05) is 50.4 Å². The van der Waals surface area contributed by atoms with E-state index in [4.69, 9.17) is 0 Å². The lowest BCUT2D eigenvalue weighted by Crippen LogP contribution is -2.17. The molecule has 2 nitrogen and oxygen atoms in total. The summed E-state index contributed by atoms with van der Waals surface area (Å²) in [5.41, 5.74) is 34.7. The van der Waals surface area contributed by atoms with Gasteiger partial charge in [0.1, 0.15) is 0 Å². The van der Waals surface area contributed by atoms with E-state index in [1.807, 2.05) is 0 Å². The quantitative estimate of drug-likeness (QED) is 0.135. The Kier molecular flexibility index (Phi) is 12.1. The van der Waals surface area contributed by atoms with Gasteiger partial charge in [0.25, 0.3) is 0 Å². The molecule has 2 heteroatoms. The third kappa shape index (κ3) is 8.60. The maximum absolute atomic E-state index is 2.48. The molecule has 85 heavy (non-hydrogen) atoms. The van der Waals surface area contributed by atoms with Gasteiger partial charge in [0.05, 0.1) is 0 Å². The number of nitrogens with zero attached hydrogens (tertiary/aromatic N) is 2. The van der Waals surface area contributed by atoms with Crippen molar-refractivity contribution in [1.29, 1.82) is 0 Å². The Balaban J connectivity index is 0.709. The van der Waals surface area contributed by atoms with Gasteiger partial charge < -0.3 is 9.80 Å². The van der Waals surface area contributed by atoms with Gasteiger partial charge in [-0.25, -0.2) is 0 Å². The first-order valence-corrected chi connectivity index (χ1v) is 30.1. The summed E-state index contributed by atoms with van der Waals surface area (Å²) in [5, 5.41) is 0. The van der Waals surface area contributed by atoms with Crippen LogP contribution in [0.1, 0.15) is 86.1 Å². The Morgan fingerprint density at radius 1 is 0.200 bits per heavy atom. The zero-order chi connectivity index (χ0) is 57.9. The molecule has 0 amide bonds. The molecule has 0 unspecified atom stereocenters. The molecule has 12 aromatic rings. The van der Waals surface area contributed by atoms with E-state index >= 15 is 0 Å². The predicted octanol–water partition coefficient (Wildman–Crippen LogP) is 22.8. The first-order valence-electron chi connectivity index (χ1n) is 30.1. The van der Waals surface area contributed by atoms with Crippen molar-refractivity contribution in [3.05, 3.63) is 311 Å². The molecule has 0 fully saturated rings. The molecule has 0 aliphatic heterocycles. The van der Waals surface area contributed by atoms with Crippen LogP contribution < -0.4 is 9.80 Å². The summed E-state index contributed by atoms with van der Waals surface area (Å²) in [6.45, 7) is 18.8. The monoisotopic (exact) mass is 1090 g/mol. The molecule has 0 heterocycles. The SMILES string of the molecule is Cc1ccc(N(c2ccc(-c3ccccc3)cc2)c2ccc3c(c2)C(C)(C)c2cc(-c4ccc5c(c4)C(C)(C)c4cc(-c6ccc7c(c6)C(C)(C)c6cc(N(c8ccc(C)cc8)c8ccc(-c9ccccc9)cc8)ccc6-7)ccc4-5)ccc2-3)cc1. The fraction of sp³-hybridized carbons (Fsp3) is 0.133. The molecular formula is C83H68N2. The molecule has 0 atom stereocenters. The highest BCUT2D eigenvalue weighted by Gasteiger charge is 2.40. The lowest BCUT2D eigenvalue weighted by Gasteiger charge is -2.28.